The number of hydrogen-bond acceptors (Lipinski definition) is 4. The lowest BCUT2D eigenvalue weighted by Gasteiger charge is -2.24. The summed E-state index contributed by atoms with van der Waals surface area (Å²) in [7, 11) is -3.59. The van der Waals surface area contributed by atoms with Crippen molar-refractivity contribution in [3.63, 3.8) is 0 Å². The lowest BCUT2D eigenvalue weighted by molar-refractivity contribution is -0.114. The number of nitrogens with zero attached hydrogens (tertiary/aromatic N) is 2. The van der Waals surface area contributed by atoms with Crippen LogP contribution in [0.3, 0.4) is 0 Å². The van der Waals surface area contributed by atoms with Gasteiger partial charge in [-0.25, -0.2) is 8.42 Å². The summed E-state index contributed by atoms with van der Waals surface area (Å²) in [6.45, 7) is 4.48. The molecule has 1 aliphatic rings. The van der Waals surface area contributed by atoms with Crippen molar-refractivity contribution in [2.24, 2.45) is 0 Å². The maximum atomic E-state index is 12.7. The number of hydrogen-bond donors (Lipinski definition) is 1. The van der Waals surface area contributed by atoms with Gasteiger partial charge in [0.15, 0.2) is 0 Å². The molecule has 0 radical (unpaired) electrons. The van der Waals surface area contributed by atoms with Crippen molar-refractivity contribution < 1.29 is 13.2 Å². The fourth-order valence-electron chi connectivity index (χ4n) is 3.51. The Bertz CT molecular complexity index is 937. The molecule has 0 unspecified atom stereocenters. The largest absolute Gasteiger partial charge is 0.324 e. The Morgan fingerprint density at radius 3 is 2.39 bits per heavy atom. The van der Waals surface area contributed by atoms with Gasteiger partial charge in [0.2, 0.25) is 15.9 Å². The summed E-state index contributed by atoms with van der Waals surface area (Å²) >= 11 is 0. The zero-order valence-corrected chi connectivity index (χ0v) is 17.2. The topological polar surface area (TPSA) is 69.7 Å². The number of benzene rings is 2. The van der Waals surface area contributed by atoms with E-state index in [2.05, 4.69) is 10.2 Å². The third-order valence-electron chi connectivity index (χ3n) is 4.96. The molecule has 1 aliphatic heterocycles. The summed E-state index contributed by atoms with van der Waals surface area (Å²) in [5.74, 6) is -0.359. The van der Waals surface area contributed by atoms with Gasteiger partial charge in [-0.2, -0.15) is 0 Å². The molecule has 3 rings (SSSR count). The molecule has 0 aliphatic carbocycles. The number of nitrogens with one attached hydrogen (secondary N) is 1. The van der Waals surface area contributed by atoms with Crippen LogP contribution in [0, 0.1) is 6.92 Å². The number of aryl methyl sites for hydroxylation is 1. The Balaban J connectivity index is 1.76. The van der Waals surface area contributed by atoms with Gasteiger partial charge >= 0.3 is 0 Å². The molecule has 6 nitrogen and oxygen atoms in total. The van der Waals surface area contributed by atoms with Crippen LogP contribution in [0.15, 0.2) is 48.5 Å². The van der Waals surface area contributed by atoms with Crippen LogP contribution in [0.4, 0.5) is 11.4 Å². The third kappa shape index (κ3) is 5.11. The Hall–Kier alpha value is -2.38. The number of amides is 1. The second-order valence-corrected chi connectivity index (χ2v) is 9.15. The van der Waals surface area contributed by atoms with E-state index in [0.717, 1.165) is 47.0 Å². The SMILES string of the molecule is Cc1ccccc1N(CC(=O)Nc1ccccc1CN1CCCC1)S(C)(=O)=O. The number of sulfonamides is 1. The Labute approximate surface area is 167 Å². The molecule has 150 valence electrons. The molecule has 1 saturated heterocycles. The number of rotatable bonds is 7. The number of anilines is 2. The highest BCUT2D eigenvalue weighted by Crippen LogP contribution is 2.23. The number of likely N-dealkylation sites (tertiary alicyclic amines) is 1. The molecule has 0 aromatic heterocycles. The van der Waals surface area contributed by atoms with Crippen molar-refractivity contribution in [2.45, 2.75) is 26.3 Å². The van der Waals surface area contributed by atoms with Crippen LogP contribution in [-0.4, -0.2) is 45.1 Å². The van der Waals surface area contributed by atoms with Crippen LogP contribution in [0.5, 0.6) is 0 Å². The van der Waals surface area contributed by atoms with Gasteiger partial charge in [0.25, 0.3) is 0 Å². The maximum Gasteiger partial charge on any atom is 0.245 e. The average Bonchev–Trinajstić information content (AvgIpc) is 3.14. The van der Waals surface area contributed by atoms with Crippen LogP contribution in [-0.2, 0) is 21.4 Å². The smallest absolute Gasteiger partial charge is 0.245 e. The second kappa shape index (κ2) is 8.75. The molecular weight excluding hydrogens is 374 g/mol. The summed E-state index contributed by atoms with van der Waals surface area (Å²) in [4.78, 5) is 15.1. The van der Waals surface area contributed by atoms with Crippen LogP contribution in [0.2, 0.25) is 0 Å². The maximum absolute atomic E-state index is 12.7. The first kappa shape index (κ1) is 20.4. The van der Waals surface area contributed by atoms with Gasteiger partial charge < -0.3 is 5.32 Å². The minimum atomic E-state index is -3.59. The molecule has 1 fully saturated rings. The van der Waals surface area contributed by atoms with Crippen molar-refractivity contribution in [2.75, 3.05) is 35.5 Å². The molecule has 0 saturated carbocycles. The summed E-state index contributed by atoms with van der Waals surface area (Å²) in [6, 6.07) is 14.8. The number of carbonyl (C=O) groups excluding carboxylic acids is 1. The predicted molar refractivity (Wildman–Crippen MR) is 113 cm³/mol. The fourth-order valence-corrected chi connectivity index (χ4v) is 4.42. The van der Waals surface area contributed by atoms with Crippen molar-refractivity contribution in [1.82, 2.24) is 4.90 Å². The van der Waals surface area contributed by atoms with Crippen molar-refractivity contribution >= 4 is 27.3 Å². The van der Waals surface area contributed by atoms with Crippen LogP contribution in [0.1, 0.15) is 24.0 Å². The monoisotopic (exact) mass is 401 g/mol. The summed E-state index contributed by atoms with van der Waals surface area (Å²) in [6.07, 6.45) is 3.52. The van der Waals surface area contributed by atoms with Crippen LogP contribution < -0.4 is 9.62 Å². The first-order chi connectivity index (χ1) is 13.3. The Kier molecular flexibility index (Phi) is 6.36. The Morgan fingerprint density at radius 1 is 1.07 bits per heavy atom. The van der Waals surface area contributed by atoms with E-state index in [9.17, 15) is 13.2 Å². The van der Waals surface area contributed by atoms with Crippen LogP contribution >= 0.6 is 0 Å². The molecule has 1 heterocycles. The first-order valence-electron chi connectivity index (χ1n) is 9.48. The van der Waals surface area contributed by atoms with E-state index in [-0.39, 0.29) is 12.5 Å². The molecule has 28 heavy (non-hydrogen) atoms. The number of para-hydroxylation sites is 2. The lowest BCUT2D eigenvalue weighted by atomic mass is 10.1. The first-order valence-corrected chi connectivity index (χ1v) is 11.3. The molecule has 0 atom stereocenters. The van der Waals surface area contributed by atoms with Crippen molar-refractivity contribution in [3.05, 3.63) is 59.7 Å². The molecule has 7 heteroatoms. The fraction of sp³-hybridized carbons (Fsp3) is 0.381. The van der Waals surface area contributed by atoms with E-state index in [1.807, 2.05) is 43.3 Å². The van der Waals surface area contributed by atoms with E-state index in [1.165, 1.54) is 12.8 Å². The van der Waals surface area contributed by atoms with E-state index in [0.29, 0.717) is 5.69 Å². The zero-order chi connectivity index (χ0) is 20.1. The molecule has 2 aromatic carbocycles. The van der Waals surface area contributed by atoms with Crippen LogP contribution in [0.25, 0.3) is 0 Å². The zero-order valence-electron chi connectivity index (χ0n) is 16.4. The average molecular weight is 402 g/mol. The predicted octanol–water partition coefficient (Wildman–Crippen LogP) is 3.00. The second-order valence-electron chi connectivity index (χ2n) is 7.24. The molecular formula is C21H27N3O3S. The summed E-state index contributed by atoms with van der Waals surface area (Å²) in [5, 5.41) is 2.90. The standard InChI is InChI=1S/C21H27N3O3S/c1-17-9-3-6-12-20(17)24(28(2,26)27)16-21(25)22-19-11-5-4-10-18(19)15-23-13-7-8-14-23/h3-6,9-12H,7-8,13-16H2,1-2H3,(H,22,25). The van der Waals surface area contributed by atoms with Gasteiger partial charge in [0.1, 0.15) is 6.54 Å². The number of carbonyl (C=O) groups is 1. The van der Waals surface area contributed by atoms with Crippen molar-refractivity contribution in [1.29, 1.82) is 0 Å². The Morgan fingerprint density at radius 2 is 1.71 bits per heavy atom. The highest BCUT2D eigenvalue weighted by Gasteiger charge is 2.23. The third-order valence-corrected chi connectivity index (χ3v) is 6.08. The minimum Gasteiger partial charge on any atom is -0.324 e. The summed E-state index contributed by atoms with van der Waals surface area (Å²) in [5.41, 5.74) is 3.10. The van der Waals surface area contributed by atoms with Gasteiger partial charge in [0, 0.05) is 12.2 Å². The van der Waals surface area contributed by atoms with Crippen molar-refractivity contribution in [3.8, 4) is 0 Å². The van der Waals surface area contributed by atoms with Gasteiger partial charge in [-0.3, -0.25) is 14.0 Å². The quantitative estimate of drug-likeness (QED) is 0.774. The normalized spacial score (nSPS) is 14.8. The van der Waals surface area contributed by atoms with E-state index in [4.69, 9.17) is 0 Å². The molecule has 1 N–H and O–H groups in total. The van der Waals surface area contributed by atoms with Gasteiger partial charge in [-0.1, -0.05) is 36.4 Å². The summed E-state index contributed by atoms with van der Waals surface area (Å²) < 4.78 is 25.8. The van der Waals surface area contributed by atoms with Gasteiger partial charge in [0.05, 0.1) is 11.9 Å². The molecule has 0 bridgehead atoms. The molecule has 1 amide bonds. The van der Waals surface area contributed by atoms with Gasteiger partial charge in [-0.15, -0.1) is 0 Å². The highest BCUT2D eigenvalue weighted by molar-refractivity contribution is 7.92. The van der Waals surface area contributed by atoms with Gasteiger partial charge in [-0.05, 0) is 56.1 Å². The van der Waals surface area contributed by atoms with E-state index >= 15 is 0 Å². The molecule has 0 spiro atoms. The lowest BCUT2D eigenvalue weighted by Crippen LogP contribution is -2.38. The minimum absolute atomic E-state index is 0.262. The van der Waals surface area contributed by atoms with E-state index < -0.39 is 10.0 Å². The molecule has 2 aromatic rings. The highest BCUT2D eigenvalue weighted by atomic mass is 32.2. The van der Waals surface area contributed by atoms with E-state index in [1.54, 1.807) is 12.1 Å².